The standard InChI is InChI=1S/C26H30N6O3.ClH/c1-33-23-12-6-11-22(25(23)34-2)24(26-27-28-29-32(26)19-21-10-7-17-35-21)31-15-13-30(14-16-31)18-20-8-4-3-5-9-20;/h3-12,17,24H,13-16,18-19H2,1-2H3;1H/p-1. The number of halogens is 1. The van der Waals surface area contributed by atoms with E-state index < -0.39 is 0 Å². The molecule has 0 saturated carbocycles. The first-order valence-corrected chi connectivity index (χ1v) is 11.8. The molecule has 36 heavy (non-hydrogen) atoms. The van der Waals surface area contributed by atoms with Crippen LogP contribution in [0.1, 0.15) is 28.8 Å². The topological polar surface area (TPSA) is 81.7 Å². The Morgan fingerprint density at radius 1 is 0.889 bits per heavy atom. The summed E-state index contributed by atoms with van der Waals surface area (Å²) in [5.74, 6) is 2.91. The zero-order valence-electron chi connectivity index (χ0n) is 20.5. The largest absolute Gasteiger partial charge is 1.00 e. The van der Waals surface area contributed by atoms with Gasteiger partial charge in [0, 0.05) is 38.3 Å². The van der Waals surface area contributed by atoms with Gasteiger partial charge in [-0.1, -0.05) is 42.5 Å². The lowest BCUT2D eigenvalue weighted by atomic mass is 10.0. The zero-order valence-corrected chi connectivity index (χ0v) is 21.2. The molecule has 5 rings (SSSR count). The minimum Gasteiger partial charge on any atom is -1.00 e. The van der Waals surface area contributed by atoms with Gasteiger partial charge in [0.15, 0.2) is 17.3 Å². The molecule has 0 amide bonds. The molecule has 1 aliphatic heterocycles. The van der Waals surface area contributed by atoms with Crippen molar-refractivity contribution in [1.82, 2.24) is 30.0 Å². The Bertz CT molecular complexity index is 1210. The van der Waals surface area contributed by atoms with E-state index in [2.05, 4.69) is 61.7 Å². The molecule has 0 spiro atoms. The van der Waals surface area contributed by atoms with Gasteiger partial charge in [0.05, 0.1) is 20.5 Å². The molecule has 0 bridgehead atoms. The molecule has 1 saturated heterocycles. The summed E-state index contributed by atoms with van der Waals surface area (Å²) in [4.78, 5) is 4.90. The summed E-state index contributed by atoms with van der Waals surface area (Å²) in [6.45, 7) is 5.01. The number of ether oxygens (including phenoxy) is 2. The molecule has 190 valence electrons. The van der Waals surface area contributed by atoms with Gasteiger partial charge >= 0.3 is 0 Å². The maximum absolute atomic E-state index is 5.82. The van der Waals surface area contributed by atoms with Gasteiger partial charge in [-0.05, 0) is 34.2 Å². The Labute approximate surface area is 217 Å². The molecule has 0 radical (unpaired) electrons. The summed E-state index contributed by atoms with van der Waals surface area (Å²) >= 11 is 0. The van der Waals surface area contributed by atoms with Crippen molar-refractivity contribution in [3.63, 3.8) is 0 Å². The summed E-state index contributed by atoms with van der Waals surface area (Å²) in [6.07, 6.45) is 1.66. The number of hydrogen-bond acceptors (Lipinski definition) is 8. The highest BCUT2D eigenvalue weighted by Crippen LogP contribution is 2.39. The molecule has 4 aromatic rings. The molecule has 1 unspecified atom stereocenters. The molecule has 1 fully saturated rings. The van der Waals surface area contributed by atoms with Gasteiger partial charge in [-0.2, -0.15) is 0 Å². The smallest absolute Gasteiger partial charge is 0.173 e. The highest BCUT2D eigenvalue weighted by Gasteiger charge is 2.33. The Morgan fingerprint density at radius 3 is 2.39 bits per heavy atom. The van der Waals surface area contributed by atoms with E-state index in [1.807, 2.05) is 24.3 Å². The predicted molar refractivity (Wildman–Crippen MR) is 130 cm³/mol. The fourth-order valence-electron chi connectivity index (χ4n) is 4.72. The second kappa shape index (κ2) is 12.0. The number of tetrazole rings is 1. The van der Waals surface area contributed by atoms with Crippen LogP contribution in [0.3, 0.4) is 0 Å². The lowest BCUT2D eigenvalue weighted by Gasteiger charge is -2.39. The van der Waals surface area contributed by atoms with E-state index in [9.17, 15) is 0 Å². The summed E-state index contributed by atoms with van der Waals surface area (Å²) in [5.41, 5.74) is 2.30. The second-order valence-corrected chi connectivity index (χ2v) is 8.56. The third kappa shape index (κ3) is 5.53. The number of furan rings is 1. The molecule has 2 aromatic carbocycles. The Balaban J connectivity index is 0.00000304. The van der Waals surface area contributed by atoms with Crippen LogP contribution in [0.5, 0.6) is 11.5 Å². The van der Waals surface area contributed by atoms with Crippen molar-refractivity contribution in [2.75, 3.05) is 40.4 Å². The molecule has 0 aliphatic carbocycles. The molecule has 1 aliphatic rings. The number of hydrogen-bond donors (Lipinski definition) is 0. The Kier molecular flexibility index (Phi) is 8.58. The molecule has 2 aromatic heterocycles. The van der Waals surface area contributed by atoms with Gasteiger partial charge in [0.25, 0.3) is 0 Å². The number of rotatable bonds is 9. The van der Waals surface area contributed by atoms with Crippen LogP contribution >= 0.6 is 0 Å². The molecule has 3 heterocycles. The SMILES string of the molecule is COc1cccc(C(c2nnnn2Cc2ccco2)N2CCN(Cc3ccccc3)CC2)c1OC.[Cl-]. The summed E-state index contributed by atoms with van der Waals surface area (Å²) in [7, 11) is 3.32. The summed E-state index contributed by atoms with van der Waals surface area (Å²) in [6, 6.07) is 20.1. The molecule has 10 heteroatoms. The first-order valence-electron chi connectivity index (χ1n) is 11.8. The first kappa shape index (κ1) is 25.7. The second-order valence-electron chi connectivity index (χ2n) is 8.56. The van der Waals surface area contributed by atoms with Crippen molar-refractivity contribution in [3.8, 4) is 11.5 Å². The lowest BCUT2D eigenvalue weighted by molar-refractivity contribution is -0.00000829. The van der Waals surface area contributed by atoms with Crippen molar-refractivity contribution in [1.29, 1.82) is 0 Å². The van der Waals surface area contributed by atoms with Crippen molar-refractivity contribution in [2.45, 2.75) is 19.1 Å². The van der Waals surface area contributed by atoms with E-state index >= 15 is 0 Å². The number of methoxy groups -OCH3 is 2. The van der Waals surface area contributed by atoms with Gasteiger partial charge in [-0.25, -0.2) is 4.68 Å². The number of benzene rings is 2. The van der Waals surface area contributed by atoms with Crippen molar-refractivity contribution < 1.29 is 26.3 Å². The number of piperazine rings is 1. The van der Waals surface area contributed by atoms with Crippen LogP contribution in [-0.4, -0.2) is 70.4 Å². The fraction of sp³-hybridized carbons (Fsp3) is 0.346. The van der Waals surface area contributed by atoms with Gasteiger partial charge < -0.3 is 26.3 Å². The maximum atomic E-state index is 5.82. The van der Waals surface area contributed by atoms with Crippen molar-refractivity contribution in [2.24, 2.45) is 0 Å². The quantitative estimate of drug-likeness (QED) is 0.317. The monoisotopic (exact) mass is 509 g/mol. The predicted octanol–water partition coefficient (Wildman–Crippen LogP) is 0.243. The van der Waals surface area contributed by atoms with Gasteiger partial charge in [0.2, 0.25) is 0 Å². The lowest BCUT2D eigenvalue weighted by Crippen LogP contribution is -3.00. The van der Waals surface area contributed by atoms with Crippen LogP contribution in [0.25, 0.3) is 0 Å². The van der Waals surface area contributed by atoms with Gasteiger partial charge in [-0.3, -0.25) is 9.80 Å². The van der Waals surface area contributed by atoms with Crippen molar-refractivity contribution in [3.05, 3.63) is 89.6 Å². The normalized spacial score (nSPS) is 15.3. The van der Waals surface area contributed by atoms with Gasteiger partial charge in [0.1, 0.15) is 18.3 Å². The summed E-state index contributed by atoms with van der Waals surface area (Å²) in [5, 5.41) is 12.8. The summed E-state index contributed by atoms with van der Waals surface area (Å²) < 4.78 is 18.8. The van der Waals surface area contributed by atoms with Crippen LogP contribution in [0, 0.1) is 0 Å². The van der Waals surface area contributed by atoms with Crippen LogP contribution in [0.4, 0.5) is 0 Å². The van der Waals surface area contributed by atoms with Crippen LogP contribution < -0.4 is 21.9 Å². The third-order valence-corrected chi connectivity index (χ3v) is 6.44. The number of aromatic nitrogens is 4. The molecule has 1 atom stereocenters. The Hall–Kier alpha value is -3.40. The van der Waals surface area contributed by atoms with Crippen LogP contribution in [0.15, 0.2) is 71.3 Å². The van der Waals surface area contributed by atoms with E-state index in [0.717, 1.165) is 49.9 Å². The molecule has 0 N–H and O–H groups in total. The fourth-order valence-corrected chi connectivity index (χ4v) is 4.72. The molecular formula is C26H30ClN6O3-. The van der Waals surface area contributed by atoms with E-state index in [1.165, 1.54) is 5.56 Å². The van der Waals surface area contributed by atoms with Crippen LogP contribution in [-0.2, 0) is 13.1 Å². The third-order valence-electron chi connectivity index (χ3n) is 6.44. The van der Waals surface area contributed by atoms with E-state index in [4.69, 9.17) is 13.9 Å². The van der Waals surface area contributed by atoms with E-state index in [-0.39, 0.29) is 18.4 Å². The highest BCUT2D eigenvalue weighted by molar-refractivity contribution is 5.49. The zero-order chi connectivity index (χ0) is 24.0. The van der Waals surface area contributed by atoms with Gasteiger partial charge in [-0.15, -0.1) is 5.10 Å². The number of para-hydroxylation sites is 1. The van der Waals surface area contributed by atoms with E-state index in [1.54, 1.807) is 25.2 Å². The molecule has 9 nitrogen and oxygen atoms in total. The van der Waals surface area contributed by atoms with Crippen molar-refractivity contribution >= 4 is 0 Å². The van der Waals surface area contributed by atoms with Crippen LogP contribution in [0.2, 0.25) is 0 Å². The van der Waals surface area contributed by atoms with E-state index in [0.29, 0.717) is 18.0 Å². The maximum Gasteiger partial charge on any atom is 0.173 e. The minimum atomic E-state index is -0.205. The highest BCUT2D eigenvalue weighted by atomic mass is 35.5. The molecular weight excluding hydrogens is 480 g/mol. The Morgan fingerprint density at radius 2 is 1.69 bits per heavy atom. The average Bonchev–Trinajstić information content (AvgIpc) is 3.58. The average molecular weight is 510 g/mol. The first-order chi connectivity index (χ1) is 17.3. The number of nitrogens with zero attached hydrogens (tertiary/aromatic N) is 6. The minimum absolute atomic E-state index is 0.